The normalized spacial score (nSPS) is 17.8. The number of nitrogens with one attached hydrogen (secondary N) is 2. The number of halogens is 1. The van der Waals surface area contributed by atoms with Crippen molar-refractivity contribution in [3.63, 3.8) is 0 Å². The Morgan fingerprint density at radius 3 is 2.77 bits per heavy atom. The van der Waals surface area contributed by atoms with Gasteiger partial charge in [-0.05, 0) is 12.0 Å². The van der Waals surface area contributed by atoms with E-state index in [0.29, 0.717) is 6.54 Å². The Hall–Kier alpha value is -1.59. The van der Waals surface area contributed by atoms with Crippen LogP contribution in [0.25, 0.3) is 0 Å². The molecule has 122 valence electrons. The summed E-state index contributed by atoms with van der Waals surface area (Å²) in [5, 5.41) is 6.00. The predicted molar refractivity (Wildman–Crippen MR) is 88.8 cm³/mol. The van der Waals surface area contributed by atoms with Crippen molar-refractivity contribution in [2.45, 2.75) is 32.4 Å². The third-order valence-corrected chi connectivity index (χ3v) is 3.60. The van der Waals surface area contributed by atoms with E-state index in [9.17, 15) is 9.59 Å². The maximum Gasteiger partial charge on any atom is 0.240 e. The van der Waals surface area contributed by atoms with E-state index in [1.54, 1.807) is 0 Å². The minimum atomic E-state index is -0.388. The second-order valence-corrected chi connectivity index (χ2v) is 5.30. The molecule has 1 aliphatic heterocycles. The van der Waals surface area contributed by atoms with Gasteiger partial charge in [0.05, 0.1) is 12.5 Å². The van der Waals surface area contributed by atoms with Gasteiger partial charge in [-0.3, -0.25) is 9.59 Å². The number of benzene rings is 1. The molecular formula is C16H24ClN3O2. The molecule has 0 bridgehead atoms. The Morgan fingerprint density at radius 2 is 2.09 bits per heavy atom. The maximum atomic E-state index is 12.2. The van der Waals surface area contributed by atoms with E-state index in [4.69, 9.17) is 0 Å². The monoisotopic (exact) mass is 325 g/mol. The minimum absolute atomic E-state index is 0. The van der Waals surface area contributed by atoms with E-state index in [0.717, 1.165) is 31.6 Å². The summed E-state index contributed by atoms with van der Waals surface area (Å²) in [6.07, 6.45) is 1.14. The smallest absolute Gasteiger partial charge is 0.240 e. The van der Waals surface area contributed by atoms with Gasteiger partial charge in [-0.15, -0.1) is 12.4 Å². The van der Waals surface area contributed by atoms with Crippen LogP contribution in [0.15, 0.2) is 30.3 Å². The number of rotatable bonds is 6. The van der Waals surface area contributed by atoms with Crippen LogP contribution in [0.5, 0.6) is 0 Å². The molecule has 0 radical (unpaired) electrons. The highest BCUT2D eigenvalue weighted by Gasteiger charge is 2.29. The van der Waals surface area contributed by atoms with E-state index in [1.165, 1.54) is 0 Å². The first-order chi connectivity index (χ1) is 10.2. The Morgan fingerprint density at radius 1 is 1.36 bits per heavy atom. The third-order valence-electron chi connectivity index (χ3n) is 3.60. The molecule has 0 saturated carbocycles. The molecule has 0 aromatic heterocycles. The zero-order valence-corrected chi connectivity index (χ0v) is 13.7. The summed E-state index contributed by atoms with van der Waals surface area (Å²) in [5.41, 5.74) is 1.06. The van der Waals surface area contributed by atoms with Gasteiger partial charge >= 0.3 is 0 Å². The van der Waals surface area contributed by atoms with Gasteiger partial charge in [-0.25, -0.2) is 0 Å². The first-order valence-corrected chi connectivity index (χ1v) is 7.53. The molecule has 1 aliphatic rings. The van der Waals surface area contributed by atoms with Crippen molar-refractivity contribution in [1.82, 2.24) is 15.5 Å². The lowest BCUT2D eigenvalue weighted by atomic mass is 10.1. The van der Waals surface area contributed by atoms with Gasteiger partial charge in [0.1, 0.15) is 0 Å². The van der Waals surface area contributed by atoms with Crippen molar-refractivity contribution >= 4 is 24.2 Å². The molecule has 1 atom stereocenters. The van der Waals surface area contributed by atoms with E-state index in [-0.39, 0.29) is 36.7 Å². The summed E-state index contributed by atoms with van der Waals surface area (Å²) in [6, 6.07) is 9.37. The fraction of sp³-hybridized carbons (Fsp3) is 0.500. The second kappa shape index (κ2) is 9.43. The minimum Gasteiger partial charge on any atom is -0.352 e. The quantitative estimate of drug-likeness (QED) is 0.829. The highest BCUT2D eigenvalue weighted by Crippen LogP contribution is 2.06. The van der Waals surface area contributed by atoms with Gasteiger partial charge < -0.3 is 15.5 Å². The molecule has 2 N–H and O–H groups in total. The second-order valence-electron chi connectivity index (χ2n) is 5.30. The summed E-state index contributed by atoms with van der Waals surface area (Å²) >= 11 is 0. The van der Waals surface area contributed by atoms with Gasteiger partial charge in [0, 0.05) is 26.2 Å². The van der Waals surface area contributed by atoms with Gasteiger partial charge in [-0.1, -0.05) is 37.3 Å². The number of nitrogens with zero attached hydrogens (tertiary/aromatic N) is 1. The van der Waals surface area contributed by atoms with Crippen molar-refractivity contribution in [3.05, 3.63) is 35.9 Å². The molecule has 22 heavy (non-hydrogen) atoms. The third kappa shape index (κ3) is 5.31. The molecule has 2 amide bonds. The fourth-order valence-corrected chi connectivity index (χ4v) is 2.50. The van der Waals surface area contributed by atoms with Crippen LogP contribution < -0.4 is 10.6 Å². The lowest BCUT2D eigenvalue weighted by molar-refractivity contribution is -0.138. The number of piperazine rings is 1. The Bertz CT molecular complexity index is 480. The Kier molecular flexibility index (Phi) is 7.91. The van der Waals surface area contributed by atoms with Gasteiger partial charge in [0.2, 0.25) is 11.8 Å². The first-order valence-electron chi connectivity index (χ1n) is 7.53. The van der Waals surface area contributed by atoms with Gasteiger partial charge in [0.15, 0.2) is 0 Å². The summed E-state index contributed by atoms with van der Waals surface area (Å²) in [4.78, 5) is 26.0. The van der Waals surface area contributed by atoms with Crippen molar-refractivity contribution in [2.24, 2.45) is 0 Å². The van der Waals surface area contributed by atoms with Gasteiger partial charge in [0.25, 0.3) is 0 Å². The average molecular weight is 326 g/mol. The summed E-state index contributed by atoms with van der Waals surface area (Å²) in [6.45, 7) is 4.80. The van der Waals surface area contributed by atoms with Crippen molar-refractivity contribution < 1.29 is 9.59 Å². The predicted octanol–water partition coefficient (Wildman–Crippen LogP) is 1.33. The van der Waals surface area contributed by atoms with E-state index in [2.05, 4.69) is 17.6 Å². The van der Waals surface area contributed by atoms with Crippen LogP contribution in [0.3, 0.4) is 0 Å². The average Bonchev–Trinajstić information content (AvgIpc) is 2.50. The maximum absolute atomic E-state index is 12.2. The molecule has 2 rings (SSSR count). The molecular weight excluding hydrogens is 302 g/mol. The van der Waals surface area contributed by atoms with Crippen LogP contribution >= 0.6 is 12.4 Å². The number of carbonyl (C=O) groups is 2. The van der Waals surface area contributed by atoms with Crippen molar-refractivity contribution in [2.75, 3.05) is 19.6 Å². The Labute approximate surface area is 137 Å². The van der Waals surface area contributed by atoms with Crippen LogP contribution in [-0.4, -0.2) is 42.4 Å². The highest BCUT2D eigenvalue weighted by atomic mass is 35.5. The first kappa shape index (κ1) is 18.5. The number of amides is 2. The molecule has 1 aromatic rings. The zero-order chi connectivity index (χ0) is 15.1. The summed E-state index contributed by atoms with van der Waals surface area (Å²) in [7, 11) is 0. The molecule has 1 unspecified atom stereocenters. The molecule has 5 nitrogen and oxygen atoms in total. The van der Waals surface area contributed by atoms with Crippen molar-refractivity contribution in [1.29, 1.82) is 0 Å². The highest BCUT2D eigenvalue weighted by molar-refractivity contribution is 5.88. The van der Waals surface area contributed by atoms with Crippen LogP contribution in [0.4, 0.5) is 0 Å². The lowest BCUT2D eigenvalue weighted by Gasteiger charge is -2.32. The van der Waals surface area contributed by atoms with E-state index >= 15 is 0 Å². The van der Waals surface area contributed by atoms with E-state index < -0.39 is 0 Å². The molecule has 1 saturated heterocycles. The van der Waals surface area contributed by atoms with Crippen LogP contribution in [0.2, 0.25) is 0 Å². The molecule has 6 heteroatoms. The topological polar surface area (TPSA) is 61.4 Å². The number of carbonyl (C=O) groups excluding carboxylic acids is 2. The molecule has 1 fully saturated rings. The summed E-state index contributed by atoms with van der Waals surface area (Å²) in [5.74, 6) is -0.0546. The molecule has 0 spiro atoms. The van der Waals surface area contributed by atoms with E-state index in [1.807, 2.05) is 35.2 Å². The van der Waals surface area contributed by atoms with Crippen LogP contribution in [-0.2, 0) is 16.1 Å². The van der Waals surface area contributed by atoms with Crippen molar-refractivity contribution in [3.8, 4) is 0 Å². The zero-order valence-electron chi connectivity index (χ0n) is 12.9. The molecule has 1 aromatic carbocycles. The SMILES string of the molecule is CCCN1CCNC(CC(=O)NCc2ccccc2)C1=O.Cl. The fourth-order valence-electron chi connectivity index (χ4n) is 2.50. The standard InChI is InChI=1S/C16H23N3O2.ClH/c1-2-9-19-10-8-17-14(16(19)21)11-15(20)18-12-13-6-4-3-5-7-13;/h3-7,14,17H,2,8-12H2,1H3,(H,18,20);1H. The lowest BCUT2D eigenvalue weighted by Crippen LogP contribution is -2.56. The van der Waals surface area contributed by atoms with Crippen LogP contribution in [0, 0.1) is 0 Å². The summed E-state index contributed by atoms with van der Waals surface area (Å²) < 4.78 is 0. The Balaban J connectivity index is 0.00000242. The molecule has 1 heterocycles. The molecule has 0 aliphatic carbocycles. The number of hydrogen-bond donors (Lipinski definition) is 2. The van der Waals surface area contributed by atoms with Crippen LogP contribution in [0.1, 0.15) is 25.3 Å². The van der Waals surface area contributed by atoms with Gasteiger partial charge in [-0.2, -0.15) is 0 Å². The largest absolute Gasteiger partial charge is 0.352 e. The number of hydrogen-bond acceptors (Lipinski definition) is 3.